The maximum atomic E-state index is 6.75. The molecule has 0 bridgehead atoms. The standard InChI is InChI=1S/C5H12.2N3.2Na/c1-3-5-4-2;2*1-3-2;;/h3-5H2,1-2H3;;;;/q;2*-1;2*+1. The second kappa shape index (κ2) is 54.0. The van der Waals surface area contributed by atoms with Crippen molar-refractivity contribution in [2.45, 2.75) is 33.1 Å². The summed E-state index contributed by atoms with van der Waals surface area (Å²) in [5, 5.41) is 0. The summed E-state index contributed by atoms with van der Waals surface area (Å²) in [4.78, 5) is 3.00. The number of nitrogens with zero attached hydrogens (tertiary/aromatic N) is 6. The summed E-state index contributed by atoms with van der Waals surface area (Å²) in [6.07, 6.45) is 4.08. The summed E-state index contributed by atoms with van der Waals surface area (Å²) in [7, 11) is 0. The first-order valence-corrected chi connectivity index (χ1v) is 3.21. The summed E-state index contributed by atoms with van der Waals surface area (Å²) in [5.74, 6) is 0. The number of hydrogen-bond acceptors (Lipinski definition) is 0. The van der Waals surface area contributed by atoms with Crippen molar-refractivity contribution in [3.63, 3.8) is 0 Å². The van der Waals surface area contributed by atoms with Crippen molar-refractivity contribution < 1.29 is 59.1 Å². The molecule has 0 radical (unpaired) electrons. The molecule has 0 rings (SSSR count). The van der Waals surface area contributed by atoms with Crippen molar-refractivity contribution in [2.24, 2.45) is 0 Å². The van der Waals surface area contributed by atoms with E-state index in [1.807, 2.05) is 0 Å². The maximum absolute atomic E-state index is 6.75. The van der Waals surface area contributed by atoms with Gasteiger partial charge < -0.3 is 22.1 Å². The number of rotatable bonds is 2. The molecule has 0 aromatic carbocycles. The van der Waals surface area contributed by atoms with Gasteiger partial charge >= 0.3 is 59.1 Å². The molecule has 0 aliphatic carbocycles. The van der Waals surface area contributed by atoms with Crippen molar-refractivity contribution in [2.75, 3.05) is 0 Å². The van der Waals surface area contributed by atoms with Crippen LogP contribution in [0.1, 0.15) is 33.1 Å². The molecular formula is C5H12N6Na2. The Labute approximate surface area is 123 Å². The zero-order valence-corrected chi connectivity index (χ0v) is 12.8. The fraction of sp³-hybridized carbons (Fsp3) is 1.00. The van der Waals surface area contributed by atoms with Crippen molar-refractivity contribution in [1.29, 1.82) is 0 Å². The van der Waals surface area contributed by atoms with Crippen LogP contribution in [0.5, 0.6) is 0 Å². The quantitative estimate of drug-likeness (QED) is 0.212. The van der Waals surface area contributed by atoms with Crippen LogP contribution in [0.3, 0.4) is 0 Å². The summed E-state index contributed by atoms with van der Waals surface area (Å²) in [5.41, 5.74) is 27.0. The molecule has 6 nitrogen and oxygen atoms in total. The molecular weight excluding hydrogens is 190 g/mol. The molecule has 0 saturated heterocycles. The molecule has 0 saturated carbocycles. The van der Waals surface area contributed by atoms with Gasteiger partial charge in [-0.25, -0.2) is 0 Å². The van der Waals surface area contributed by atoms with E-state index in [1.165, 1.54) is 29.1 Å². The molecule has 0 N–H and O–H groups in total. The predicted octanol–water partition coefficient (Wildman–Crippen LogP) is -2.06. The van der Waals surface area contributed by atoms with Crippen LogP contribution in [0.15, 0.2) is 0 Å². The largest absolute Gasteiger partial charge is 1.00 e. The van der Waals surface area contributed by atoms with Gasteiger partial charge in [0.25, 0.3) is 0 Å². The molecule has 0 aromatic heterocycles. The first kappa shape index (κ1) is 29.2. The summed E-state index contributed by atoms with van der Waals surface area (Å²) < 4.78 is 0. The van der Waals surface area contributed by atoms with Gasteiger partial charge in [-0.3, -0.25) is 9.82 Å². The zero-order valence-electron chi connectivity index (χ0n) is 8.80. The molecule has 0 aliphatic heterocycles. The first-order chi connectivity index (χ1) is 5.24. The summed E-state index contributed by atoms with van der Waals surface area (Å²) in [6, 6.07) is 0. The van der Waals surface area contributed by atoms with Crippen LogP contribution in [0, 0.1) is 0 Å². The van der Waals surface area contributed by atoms with E-state index in [1.54, 1.807) is 0 Å². The molecule has 0 aliphatic rings. The van der Waals surface area contributed by atoms with Gasteiger partial charge in [0, 0.05) is 0 Å². The molecule has 0 fully saturated rings. The molecule has 0 amide bonds. The van der Waals surface area contributed by atoms with Crippen molar-refractivity contribution >= 4 is 0 Å². The minimum absolute atomic E-state index is 0. The third-order valence-corrected chi connectivity index (χ3v) is 0.707. The average Bonchev–Trinajstić information content (AvgIpc) is 1.92. The Hall–Kier alpha value is 0.620. The molecule has 0 heterocycles. The molecule has 0 atom stereocenters. The van der Waals surface area contributed by atoms with E-state index in [0.29, 0.717) is 0 Å². The van der Waals surface area contributed by atoms with E-state index in [2.05, 4.69) is 13.8 Å². The Morgan fingerprint density at radius 1 is 0.769 bits per heavy atom. The second-order valence-electron chi connectivity index (χ2n) is 1.53. The monoisotopic (exact) mass is 202 g/mol. The normalized spacial score (nSPS) is 4.46. The molecule has 0 aromatic rings. The maximum Gasteiger partial charge on any atom is 1.00 e. The van der Waals surface area contributed by atoms with Gasteiger partial charge in [-0.1, -0.05) is 33.1 Å². The third-order valence-electron chi connectivity index (χ3n) is 0.707. The van der Waals surface area contributed by atoms with E-state index in [9.17, 15) is 0 Å². The van der Waals surface area contributed by atoms with Crippen molar-refractivity contribution in [3.8, 4) is 0 Å². The van der Waals surface area contributed by atoms with Gasteiger partial charge in [-0.05, 0) is 0 Å². The predicted molar refractivity (Wildman–Crippen MR) is 45.4 cm³/mol. The van der Waals surface area contributed by atoms with Gasteiger partial charge in [-0.2, -0.15) is 0 Å². The van der Waals surface area contributed by atoms with Gasteiger partial charge in [0.2, 0.25) is 0 Å². The molecule has 0 unspecified atom stereocenters. The Morgan fingerprint density at radius 3 is 0.923 bits per heavy atom. The molecule has 64 valence electrons. The van der Waals surface area contributed by atoms with E-state index >= 15 is 0 Å². The van der Waals surface area contributed by atoms with E-state index in [-0.39, 0.29) is 59.1 Å². The van der Waals surface area contributed by atoms with Gasteiger partial charge in [0.15, 0.2) is 0 Å². The van der Waals surface area contributed by atoms with E-state index in [0.717, 1.165) is 0 Å². The van der Waals surface area contributed by atoms with Gasteiger partial charge in [-0.15, -0.1) is 0 Å². The van der Waals surface area contributed by atoms with Crippen LogP contribution in [0.4, 0.5) is 0 Å². The number of unbranched alkanes of at least 4 members (excludes halogenated alkanes) is 2. The smallest absolute Gasteiger partial charge is 0.373 e. The second-order valence-corrected chi connectivity index (χ2v) is 1.53. The van der Waals surface area contributed by atoms with Gasteiger partial charge in [0.1, 0.15) is 0 Å². The van der Waals surface area contributed by atoms with Crippen LogP contribution in [0.25, 0.3) is 31.9 Å². The summed E-state index contributed by atoms with van der Waals surface area (Å²) >= 11 is 0. The van der Waals surface area contributed by atoms with E-state index in [4.69, 9.17) is 22.1 Å². The summed E-state index contributed by atoms with van der Waals surface area (Å²) in [6.45, 7) is 4.42. The van der Waals surface area contributed by atoms with Gasteiger partial charge in [0.05, 0.1) is 0 Å². The molecule has 0 spiro atoms. The minimum atomic E-state index is 0. The Bertz CT molecular complexity index is 102. The van der Waals surface area contributed by atoms with Crippen LogP contribution in [0.2, 0.25) is 0 Å². The Kier molecular flexibility index (Phi) is 121. The average molecular weight is 202 g/mol. The zero-order chi connectivity index (χ0) is 9.54. The van der Waals surface area contributed by atoms with Crippen LogP contribution >= 0.6 is 0 Å². The van der Waals surface area contributed by atoms with Crippen LogP contribution < -0.4 is 59.1 Å². The van der Waals surface area contributed by atoms with Crippen molar-refractivity contribution in [1.82, 2.24) is 0 Å². The number of hydrogen-bond donors (Lipinski definition) is 0. The fourth-order valence-corrected chi connectivity index (χ4v) is 0.354. The molecule has 8 heteroatoms. The first-order valence-electron chi connectivity index (χ1n) is 3.21. The Balaban J connectivity index is -0.0000000240. The van der Waals surface area contributed by atoms with Crippen LogP contribution in [-0.4, -0.2) is 0 Å². The van der Waals surface area contributed by atoms with Crippen molar-refractivity contribution in [3.05, 3.63) is 31.9 Å². The SMILES string of the molecule is CCCCC.[N-]=[N+]=[N-].[N-]=[N+]=[N-].[Na+].[Na+]. The molecule has 13 heavy (non-hydrogen) atoms. The van der Waals surface area contributed by atoms with Crippen LogP contribution in [-0.2, 0) is 0 Å². The third kappa shape index (κ3) is 207. The topological polar surface area (TPSA) is 117 Å². The minimum Gasteiger partial charge on any atom is -0.373 e. The fourth-order valence-electron chi connectivity index (χ4n) is 0.354. The van der Waals surface area contributed by atoms with E-state index < -0.39 is 0 Å². The Morgan fingerprint density at radius 2 is 0.923 bits per heavy atom.